The third-order valence-electron chi connectivity index (χ3n) is 5.79. The third-order valence-corrected chi connectivity index (χ3v) is 5.79. The molecule has 0 saturated carbocycles. The summed E-state index contributed by atoms with van der Waals surface area (Å²) in [5.41, 5.74) is 2.27. The molecule has 1 atom stereocenters. The van der Waals surface area contributed by atoms with Crippen molar-refractivity contribution >= 4 is 29.1 Å². The number of rotatable bonds is 7. The molecule has 0 aliphatic carbocycles. The maximum atomic E-state index is 13.2. The first-order chi connectivity index (χ1) is 16.9. The number of carbonyl (C=O) groups excluding carboxylic acids is 3. The van der Waals surface area contributed by atoms with E-state index in [0.29, 0.717) is 29.2 Å². The van der Waals surface area contributed by atoms with E-state index in [9.17, 15) is 19.5 Å². The molecule has 3 aromatic rings. The van der Waals surface area contributed by atoms with Crippen LogP contribution in [0.4, 0.5) is 5.69 Å². The zero-order chi connectivity index (χ0) is 24.9. The molecular weight excluding hydrogens is 446 g/mol. The first-order valence-electron chi connectivity index (χ1n) is 11.2. The van der Waals surface area contributed by atoms with E-state index in [2.05, 4.69) is 0 Å². The van der Waals surface area contributed by atoms with Gasteiger partial charge in [0.05, 0.1) is 31.8 Å². The Morgan fingerprint density at radius 2 is 1.60 bits per heavy atom. The molecule has 7 nitrogen and oxygen atoms in total. The molecule has 1 amide bonds. The molecule has 1 unspecified atom stereocenters. The van der Waals surface area contributed by atoms with Crippen LogP contribution in [0.5, 0.6) is 5.75 Å². The van der Waals surface area contributed by atoms with Gasteiger partial charge in [-0.15, -0.1) is 0 Å². The monoisotopic (exact) mass is 471 g/mol. The maximum Gasteiger partial charge on any atom is 0.310 e. The van der Waals surface area contributed by atoms with E-state index >= 15 is 0 Å². The Kier molecular flexibility index (Phi) is 6.96. The van der Waals surface area contributed by atoms with Crippen molar-refractivity contribution < 1.29 is 29.0 Å². The van der Waals surface area contributed by atoms with Crippen molar-refractivity contribution in [2.24, 2.45) is 0 Å². The summed E-state index contributed by atoms with van der Waals surface area (Å²) in [6.07, 6.45) is 0.104. The van der Waals surface area contributed by atoms with Crippen LogP contribution in [0.2, 0.25) is 0 Å². The second-order valence-corrected chi connectivity index (χ2v) is 7.96. The van der Waals surface area contributed by atoms with Gasteiger partial charge in [0.1, 0.15) is 11.5 Å². The average molecular weight is 472 g/mol. The smallest absolute Gasteiger partial charge is 0.310 e. The molecule has 0 aromatic heterocycles. The van der Waals surface area contributed by atoms with Crippen LogP contribution in [0.1, 0.15) is 29.7 Å². The number of hydrogen-bond acceptors (Lipinski definition) is 6. The van der Waals surface area contributed by atoms with Crippen LogP contribution in [-0.2, 0) is 25.5 Å². The lowest BCUT2D eigenvalue weighted by Gasteiger charge is -2.25. The Bertz CT molecular complexity index is 1260. The van der Waals surface area contributed by atoms with E-state index in [1.54, 1.807) is 67.6 Å². The molecule has 0 spiro atoms. The summed E-state index contributed by atoms with van der Waals surface area (Å²) in [4.78, 5) is 39.6. The fourth-order valence-electron chi connectivity index (χ4n) is 4.11. The molecular formula is C28H25NO6. The second kappa shape index (κ2) is 10.3. The van der Waals surface area contributed by atoms with Gasteiger partial charge < -0.3 is 14.6 Å². The topological polar surface area (TPSA) is 93.1 Å². The van der Waals surface area contributed by atoms with Gasteiger partial charge in [0, 0.05) is 11.3 Å². The molecule has 3 aromatic carbocycles. The normalized spacial score (nSPS) is 16.9. The Morgan fingerprint density at radius 3 is 2.20 bits per heavy atom. The van der Waals surface area contributed by atoms with Crippen LogP contribution in [-0.4, -0.2) is 36.5 Å². The van der Waals surface area contributed by atoms with Crippen LogP contribution in [0.25, 0.3) is 5.76 Å². The SMILES string of the molecule is CCOC(=O)Cc1ccc(N2C(=O)C(=O)/C(=C(/O)c3ccc(OC)cc3)C2c2ccccc2)cc1. The van der Waals surface area contributed by atoms with Gasteiger partial charge >= 0.3 is 5.97 Å². The molecule has 1 N–H and O–H groups in total. The van der Waals surface area contributed by atoms with Crippen LogP contribution < -0.4 is 9.64 Å². The van der Waals surface area contributed by atoms with Crippen molar-refractivity contribution in [3.05, 3.63) is 101 Å². The highest BCUT2D eigenvalue weighted by Gasteiger charge is 2.46. The van der Waals surface area contributed by atoms with E-state index in [1.165, 1.54) is 12.0 Å². The number of anilines is 1. The summed E-state index contributed by atoms with van der Waals surface area (Å²) >= 11 is 0. The fourth-order valence-corrected chi connectivity index (χ4v) is 4.11. The zero-order valence-electron chi connectivity index (χ0n) is 19.4. The van der Waals surface area contributed by atoms with Gasteiger partial charge in [0.25, 0.3) is 11.7 Å². The minimum atomic E-state index is -0.825. The summed E-state index contributed by atoms with van der Waals surface area (Å²) in [5, 5.41) is 11.1. The molecule has 178 valence electrons. The van der Waals surface area contributed by atoms with Gasteiger partial charge in [0.15, 0.2) is 0 Å². The highest BCUT2D eigenvalue weighted by Crippen LogP contribution is 2.42. The van der Waals surface area contributed by atoms with Crippen molar-refractivity contribution in [2.75, 3.05) is 18.6 Å². The van der Waals surface area contributed by atoms with Crippen LogP contribution in [0.15, 0.2) is 84.4 Å². The van der Waals surface area contributed by atoms with Crippen LogP contribution in [0.3, 0.4) is 0 Å². The number of Topliss-reactive ketones (excluding diaryl/α,β-unsaturated/α-hetero) is 1. The predicted octanol–water partition coefficient (Wildman–Crippen LogP) is 4.43. The minimum Gasteiger partial charge on any atom is -0.507 e. The zero-order valence-corrected chi connectivity index (χ0v) is 19.4. The summed E-state index contributed by atoms with van der Waals surface area (Å²) in [5.74, 6) is -1.52. The van der Waals surface area contributed by atoms with E-state index in [1.807, 2.05) is 18.2 Å². The molecule has 1 aliphatic heterocycles. The summed E-state index contributed by atoms with van der Waals surface area (Å²) < 4.78 is 10.2. The largest absolute Gasteiger partial charge is 0.507 e. The molecule has 4 rings (SSSR count). The molecule has 1 heterocycles. The number of nitrogens with zero attached hydrogens (tertiary/aromatic N) is 1. The van der Waals surface area contributed by atoms with Crippen molar-refractivity contribution in [1.29, 1.82) is 0 Å². The van der Waals surface area contributed by atoms with E-state index in [0.717, 1.165) is 5.56 Å². The Morgan fingerprint density at radius 1 is 0.943 bits per heavy atom. The average Bonchev–Trinajstić information content (AvgIpc) is 3.15. The molecule has 35 heavy (non-hydrogen) atoms. The number of aliphatic hydroxyl groups is 1. The lowest BCUT2D eigenvalue weighted by Crippen LogP contribution is -2.29. The number of esters is 1. The summed E-state index contributed by atoms with van der Waals surface area (Å²) in [6.45, 7) is 2.04. The van der Waals surface area contributed by atoms with E-state index in [4.69, 9.17) is 9.47 Å². The molecule has 1 fully saturated rings. The Labute approximate surface area is 203 Å². The highest BCUT2D eigenvalue weighted by atomic mass is 16.5. The highest BCUT2D eigenvalue weighted by molar-refractivity contribution is 6.51. The number of benzene rings is 3. The first-order valence-corrected chi connectivity index (χ1v) is 11.2. The second-order valence-electron chi connectivity index (χ2n) is 7.96. The van der Waals surface area contributed by atoms with E-state index < -0.39 is 17.7 Å². The van der Waals surface area contributed by atoms with Crippen LogP contribution >= 0.6 is 0 Å². The Hall–Kier alpha value is -4.39. The molecule has 0 radical (unpaired) electrons. The van der Waals surface area contributed by atoms with Crippen molar-refractivity contribution in [2.45, 2.75) is 19.4 Å². The molecule has 7 heteroatoms. The maximum absolute atomic E-state index is 13.2. The van der Waals surface area contributed by atoms with Crippen molar-refractivity contribution in [1.82, 2.24) is 0 Å². The van der Waals surface area contributed by atoms with Gasteiger partial charge in [0.2, 0.25) is 0 Å². The predicted molar refractivity (Wildman–Crippen MR) is 131 cm³/mol. The summed E-state index contributed by atoms with van der Waals surface area (Å²) in [6, 6.07) is 21.7. The minimum absolute atomic E-state index is 0.00182. The summed E-state index contributed by atoms with van der Waals surface area (Å²) in [7, 11) is 1.54. The number of aliphatic hydroxyl groups excluding tert-OH is 1. The van der Waals surface area contributed by atoms with Gasteiger partial charge in [-0.1, -0.05) is 42.5 Å². The lowest BCUT2D eigenvalue weighted by molar-refractivity contribution is -0.142. The van der Waals surface area contributed by atoms with Gasteiger partial charge in [-0.3, -0.25) is 19.3 Å². The van der Waals surface area contributed by atoms with Gasteiger partial charge in [-0.05, 0) is 54.4 Å². The molecule has 1 aliphatic rings. The van der Waals surface area contributed by atoms with Crippen LogP contribution in [0, 0.1) is 0 Å². The number of ketones is 1. The number of carbonyl (C=O) groups is 3. The first kappa shape index (κ1) is 23.8. The number of amides is 1. The van der Waals surface area contributed by atoms with Gasteiger partial charge in [-0.25, -0.2) is 0 Å². The van der Waals surface area contributed by atoms with E-state index in [-0.39, 0.29) is 23.7 Å². The fraction of sp³-hybridized carbons (Fsp3) is 0.179. The number of ether oxygens (including phenoxy) is 2. The third kappa shape index (κ3) is 4.80. The number of methoxy groups -OCH3 is 1. The van der Waals surface area contributed by atoms with Gasteiger partial charge in [-0.2, -0.15) is 0 Å². The van der Waals surface area contributed by atoms with Crippen molar-refractivity contribution in [3.8, 4) is 5.75 Å². The number of hydrogen-bond donors (Lipinski definition) is 1. The standard InChI is InChI=1S/C28H25NO6/c1-3-35-23(30)17-18-9-13-21(14-10-18)29-25(19-7-5-4-6-8-19)24(27(32)28(29)33)26(31)20-11-15-22(34-2)16-12-20/h4-16,25,31H,3,17H2,1-2H3/b26-24+. The quantitative estimate of drug-likeness (QED) is 0.237. The molecule has 0 bridgehead atoms. The lowest BCUT2D eigenvalue weighted by atomic mass is 9.95. The molecule has 1 saturated heterocycles. The Balaban J connectivity index is 1.78. The van der Waals surface area contributed by atoms with Crippen molar-refractivity contribution in [3.63, 3.8) is 0 Å².